The highest BCUT2D eigenvalue weighted by molar-refractivity contribution is 5.60. The van der Waals surface area contributed by atoms with Gasteiger partial charge in [-0.3, -0.25) is 0 Å². The summed E-state index contributed by atoms with van der Waals surface area (Å²) in [7, 11) is 1.80. The molecule has 0 aliphatic rings. The van der Waals surface area contributed by atoms with E-state index < -0.39 is 0 Å². The first-order valence-electron chi connectivity index (χ1n) is 3.72. The third-order valence-corrected chi connectivity index (χ3v) is 1.25. The van der Waals surface area contributed by atoms with Crippen molar-refractivity contribution in [1.29, 1.82) is 5.41 Å². The van der Waals surface area contributed by atoms with Crippen molar-refractivity contribution in [1.82, 2.24) is 5.32 Å². The zero-order chi connectivity index (χ0) is 8.69. The molecule has 0 saturated heterocycles. The molecule has 0 bridgehead atoms. The van der Waals surface area contributed by atoms with Gasteiger partial charge in [0, 0.05) is 12.3 Å². The van der Waals surface area contributed by atoms with Crippen LogP contribution in [0.1, 0.15) is 6.92 Å². The fourth-order valence-corrected chi connectivity index (χ4v) is 0.596. The Labute approximate surface area is 67.6 Å². The van der Waals surface area contributed by atoms with Gasteiger partial charge in [-0.2, -0.15) is 0 Å². The van der Waals surface area contributed by atoms with Gasteiger partial charge >= 0.3 is 0 Å². The van der Waals surface area contributed by atoms with Crippen molar-refractivity contribution in [3.63, 3.8) is 0 Å². The van der Waals surface area contributed by atoms with Gasteiger partial charge in [0.05, 0.1) is 19.3 Å². The summed E-state index contributed by atoms with van der Waals surface area (Å²) in [5.41, 5.74) is 5.46. The molecule has 0 aromatic heterocycles. The second-order valence-corrected chi connectivity index (χ2v) is 2.58. The molecule has 0 aromatic carbocycles. The molecule has 2 atom stereocenters. The largest absolute Gasteiger partial charge is 0.378 e. The van der Waals surface area contributed by atoms with Crippen molar-refractivity contribution in [3.8, 4) is 0 Å². The molecule has 0 heterocycles. The van der Waals surface area contributed by atoms with E-state index in [0.29, 0.717) is 13.2 Å². The van der Waals surface area contributed by atoms with Crippen molar-refractivity contribution < 1.29 is 4.74 Å². The summed E-state index contributed by atoms with van der Waals surface area (Å²) >= 11 is 0. The molecule has 0 rings (SSSR count). The minimum atomic E-state index is 0.00810. The van der Waals surface area contributed by atoms with Crippen LogP contribution >= 0.6 is 0 Å². The summed E-state index contributed by atoms with van der Waals surface area (Å²) < 4.78 is 5.20. The summed E-state index contributed by atoms with van der Waals surface area (Å²) in [5.74, 6) is 0. The second-order valence-electron chi connectivity index (χ2n) is 2.58. The average molecular weight is 159 g/mol. The van der Waals surface area contributed by atoms with Crippen molar-refractivity contribution in [3.05, 3.63) is 0 Å². The van der Waals surface area contributed by atoms with Crippen molar-refractivity contribution in [2.24, 2.45) is 5.73 Å². The van der Waals surface area contributed by atoms with Crippen LogP contribution in [0, 0.1) is 5.41 Å². The first-order chi connectivity index (χ1) is 5.20. The molecule has 4 nitrogen and oxygen atoms in total. The maximum Gasteiger partial charge on any atom is 0.0671 e. The predicted molar refractivity (Wildman–Crippen MR) is 46.1 cm³/mol. The molecule has 0 amide bonds. The molecular formula is C7H17N3O. The lowest BCUT2D eigenvalue weighted by Crippen LogP contribution is -2.33. The van der Waals surface area contributed by atoms with Crippen molar-refractivity contribution in [2.45, 2.75) is 19.0 Å². The lowest BCUT2D eigenvalue weighted by molar-refractivity contribution is 0.118. The summed E-state index contributed by atoms with van der Waals surface area (Å²) in [6.07, 6.45) is 1.32. The van der Waals surface area contributed by atoms with Crippen LogP contribution in [0.15, 0.2) is 0 Å². The van der Waals surface area contributed by atoms with E-state index in [0.717, 1.165) is 0 Å². The number of hydrogen-bond acceptors (Lipinski definition) is 4. The lowest BCUT2D eigenvalue weighted by Gasteiger charge is -2.11. The number of ether oxygens (including phenoxy) is 1. The summed E-state index contributed by atoms with van der Waals surface area (Å²) in [5, 5.41) is 9.86. The molecule has 0 spiro atoms. The zero-order valence-corrected chi connectivity index (χ0v) is 7.13. The molecule has 0 radical (unpaired) electrons. The molecule has 0 aliphatic heterocycles. The van der Waals surface area contributed by atoms with Gasteiger partial charge in [0.2, 0.25) is 0 Å². The number of hydrogen-bond donors (Lipinski definition) is 3. The Hall–Kier alpha value is -0.450. The summed E-state index contributed by atoms with van der Waals surface area (Å²) in [6.45, 7) is 2.95. The molecule has 4 heteroatoms. The van der Waals surface area contributed by atoms with Crippen molar-refractivity contribution in [2.75, 3.05) is 20.3 Å². The number of rotatable bonds is 6. The van der Waals surface area contributed by atoms with Gasteiger partial charge < -0.3 is 21.2 Å². The Kier molecular flexibility index (Phi) is 6.02. The second kappa shape index (κ2) is 6.27. The Balaban J connectivity index is 3.28. The van der Waals surface area contributed by atoms with Crippen LogP contribution in [0.4, 0.5) is 0 Å². The van der Waals surface area contributed by atoms with Crippen LogP contribution in [0.5, 0.6) is 0 Å². The van der Waals surface area contributed by atoms with E-state index in [1.165, 1.54) is 6.21 Å². The van der Waals surface area contributed by atoms with Crippen LogP contribution in [-0.2, 0) is 4.74 Å². The Bertz CT molecular complexity index is 106. The van der Waals surface area contributed by atoms with Crippen molar-refractivity contribution >= 4 is 6.21 Å². The number of nitrogens with two attached hydrogens (primary N) is 1. The molecule has 0 aromatic rings. The third kappa shape index (κ3) is 5.97. The topological polar surface area (TPSA) is 71.1 Å². The van der Waals surface area contributed by atoms with E-state index in [1.54, 1.807) is 7.05 Å². The van der Waals surface area contributed by atoms with Crippen LogP contribution in [0.2, 0.25) is 0 Å². The normalized spacial score (nSPS) is 15.9. The Morgan fingerprint density at radius 3 is 2.64 bits per heavy atom. The van der Waals surface area contributed by atoms with Crippen LogP contribution < -0.4 is 11.1 Å². The first-order valence-corrected chi connectivity index (χ1v) is 3.72. The predicted octanol–water partition coefficient (Wildman–Crippen LogP) is -0.412. The highest BCUT2D eigenvalue weighted by Crippen LogP contribution is 1.83. The molecule has 4 N–H and O–H groups in total. The van der Waals surface area contributed by atoms with E-state index in [1.807, 2.05) is 6.92 Å². The Morgan fingerprint density at radius 1 is 1.64 bits per heavy atom. The Morgan fingerprint density at radius 2 is 2.27 bits per heavy atom. The molecular weight excluding hydrogens is 142 g/mol. The first kappa shape index (κ1) is 10.6. The van der Waals surface area contributed by atoms with E-state index in [4.69, 9.17) is 15.9 Å². The fraction of sp³-hybridized carbons (Fsp3) is 0.857. The summed E-state index contributed by atoms with van der Waals surface area (Å²) in [6, 6.07) is 0.0759. The van der Waals surface area contributed by atoms with E-state index in [2.05, 4.69) is 5.32 Å². The van der Waals surface area contributed by atoms with E-state index >= 15 is 0 Å². The van der Waals surface area contributed by atoms with Crippen LogP contribution in [-0.4, -0.2) is 38.6 Å². The van der Waals surface area contributed by atoms with Gasteiger partial charge in [0.15, 0.2) is 0 Å². The highest BCUT2D eigenvalue weighted by atomic mass is 16.5. The summed E-state index contributed by atoms with van der Waals surface area (Å²) in [4.78, 5) is 0. The number of nitrogens with one attached hydrogen (secondary N) is 2. The number of likely N-dealkylation sites (N-methyl/N-ethyl adjacent to an activating group) is 1. The quantitative estimate of drug-likeness (QED) is 0.461. The van der Waals surface area contributed by atoms with Crippen LogP contribution in [0.3, 0.4) is 0 Å². The minimum Gasteiger partial charge on any atom is -0.378 e. The molecule has 66 valence electrons. The molecule has 0 fully saturated rings. The van der Waals surface area contributed by atoms with E-state index in [9.17, 15) is 0 Å². The third-order valence-electron chi connectivity index (χ3n) is 1.25. The molecule has 0 aliphatic carbocycles. The minimum absolute atomic E-state index is 0.00810. The standard InChI is InChI=1S/C7H17N3O/c1-6(9)4-11-5-7(3-8)10-2/h3,6-8,10H,4-5,9H2,1-2H3/t6-,7?/m0/s1. The lowest BCUT2D eigenvalue weighted by atomic mass is 10.3. The monoisotopic (exact) mass is 159 g/mol. The van der Waals surface area contributed by atoms with Gasteiger partial charge in [-0.25, -0.2) is 0 Å². The zero-order valence-electron chi connectivity index (χ0n) is 7.13. The van der Waals surface area contributed by atoms with Gasteiger partial charge in [0.25, 0.3) is 0 Å². The van der Waals surface area contributed by atoms with Crippen LogP contribution in [0.25, 0.3) is 0 Å². The smallest absolute Gasteiger partial charge is 0.0671 e. The van der Waals surface area contributed by atoms with Gasteiger partial charge in [-0.15, -0.1) is 0 Å². The molecule has 1 unspecified atom stereocenters. The average Bonchev–Trinajstić information content (AvgIpc) is 1.98. The van der Waals surface area contributed by atoms with Gasteiger partial charge in [0.1, 0.15) is 0 Å². The maximum atomic E-state index is 6.95. The fourth-order valence-electron chi connectivity index (χ4n) is 0.596. The van der Waals surface area contributed by atoms with Gasteiger partial charge in [-0.05, 0) is 14.0 Å². The van der Waals surface area contributed by atoms with Gasteiger partial charge in [-0.1, -0.05) is 0 Å². The SMILES string of the molecule is CNC(C=N)COC[C@H](C)N. The van der Waals surface area contributed by atoms with E-state index in [-0.39, 0.29) is 12.1 Å². The highest BCUT2D eigenvalue weighted by Gasteiger charge is 2.01. The molecule has 11 heavy (non-hydrogen) atoms. The maximum absolute atomic E-state index is 6.95. The molecule has 0 saturated carbocycles.